The zero-order valence-corrected chi connectivity index (χ0v) is 26.7. The lowest BCUT2D eigenvalue weighted by molar-refractivity contribution is -0.132. The van der Waals surface area contributed by atoms with E-state index in [0.29, 0.717) is 63.3 Å². The number of aliphatic hydroxyl groups is 1. The van der Waals surface area contributed by atoms with E-state index in [1.165, 1.54) is 28.0 Å². The molecule has 0 saturated carbocycles. The lowest BCUT2D eigenvalue weighted by Gasteiger charge is -2.23. The smallest absolute Gasteiger partial charge is 0.301 e. The number of hydrogen-bond acceptors (Lipinski definition) is 10. The Kier molecular flexibility index (Phi) is 10.1. The molecule has 1 fully saturated rings. The lowest BCUT2D eigenvalue weighted by atomic mass is 9.95. The molecule has 0 aliphatic carbocycles. The second-order valence-electron chi connectivity index (χ2n) is 9.43. The van der Waals surface area contributed by atoms with Crippen LogP contribution in [0.1, 0.15) is 43.5 Å². The molecular formula is C32H30ClN3O6S2. The van der Waals surface area contributed by atoms with Crippen molar-refractivity contribution < 1.29 is 28.9 Å². The molecule has 1 atom stereocenters. The Hall–Kier alpha value is -4.06. The summed E-state index contributed by atoms with van der Waals surface area (Å²) >= 11 is 8.91. The fraction of sp³-hybridized carbons (Fsp3) is 0.250. The van der Waals surface area contributed by atoms with Gasteiger partial charge in [-0.15, -0.1) is 10.2 Å². The molecule has 1 N–H and O–H groups in total. The molecule has 1 amide bonds. The van der Waals surface area contributed by atoms with Crippen LogP contribution in [0.5, 0.6) is 17.2 Å². The predicted molar refractivity (Wildman–Crippen MR) is 172 cm³/mol. The number of benzene rings is 3. The van der Waals surface area contributed by atoms with Crippen molar-refractivity contribution >= 4 is 57.3 Å². The third-order valence-electron chi connectivity index (χ3n) is 6.68. The van der Waals surface area contributed by atoms with Gasteiger partial charge in [0.05, 0.1) is 31.4 Å². The Morgan fingerprint density at radius 2 is 1.64 bits per heavy atom. The molecule has 1 aliphatic rings. The molecule has 44 heavy (non-hydrogen) atoms. The van der Waals surface area contributed by atoms with Gasteiger partial charge < -0.3 is 19.3 Å². The molecule has 0 bridgehead atoms. The third-order valence-corrected chi connectivity index (χ3v) is 9.15. The Morgan fingerprint density at radius 3 is 2.34 bits per heavy atom. The van der Waals surface area contributed by atoms with E-state index >= 15 is 0 Å². The average Bonchev–Trinajstić information content (AvgIpc) is 3.60. The van der Waals surface area contributed by atoms with E-state index in [0.717, 1.165) is 5.56 Å². The van der Waals surface area contributed by atoms with Crippen LogP contribution in [0.2, 0.25) is 5.02 Å². The summed E-state index contributed by atoms with van der Waals surface area (Å²) in [7, 11) is 0. The SMILES string of the molecule is CCOc1ccc(C(O)=C2C(=O)C(=O)N(c3nnc(SCc4ccccc4Cl)s3)C2c2ccc(OCC)c(OCC)c2)cc1. The van der Waals surface area contributed by atoms with E-state index in [9.17, 15) is 14.7 Å². The fourth-order valence-corrected chi connectivity index (χ4v) is 6.88. The summed E-state index contributed by atoms with van der Waals surface area (Å²) < 4.78 is 17.7. The van der Waals surface area contributed by atoms with Crippen molar-refractivity contribution in [3.8, 4) is 17.2 Å². The Balaban J connectivity index is 1.58. The first-order chi connectivity index (χ1) is 21.4. The monoisotopic (exact) mass is 651 g/mol. The van der Waals surface area contributed by atoms with Gasteiger partial charge in [-0.05, 0) is 74.4 Å². The molecule has 228 valence electrons. The second kappa shape index (κ2) is 14.1. The van der Waals surface area contributed by atoms with Gasteiger partial charge >= 0.3 is 5.91 Å². The number of thioether (sulfide) groups is 1. The number of halogens is 1. The van der Waals surface area contributed by atoms with Crippen molar-refractivity contribution in [3.63, 3.8) is 0 Å². The summed E-state index contributed by atoms with van der Waals surface area (Å²) in [5, 5.41) is 20.9. The highest BCUT2D eigenvalue weighted by Gasteiger charge is 2.48. The average molecular weight is 652 g/mol. The number of ether oxygens (including phenoxy) is 3. The van der Waals surface area contributed by atoms with Crippen LogP contribution in [0.25, 0.3) is 5.76 Å². The minimum atomic E-state index is -1.01. The first kappa shape index (κ1) is 31.4. The number of carbonyl (C=O) groups excluding carboxylic acids is 2. The molecule has 3 aromatic carbocycles. The first-order valence-corrected chi connectivity index (χ1v) is 16.2. The highest BCUT2D eigenvalue weighted by Crippen LogP contribution is 2.46. The topological polar surface area (TPSA) is 111 Å². The van der Waals surface area contributed by atoms with E-state index in [4.69, 9.17) is 25.8 Å². The zero-order valence-electron chi connectivity index (χ0n) is 24.3. The van der Waals surface area contributed by atoms with Crippen LogP contribution in [0.3, 0.4) is 0 Å². The molecule has 0 spiro atoms. The van der Waals surface area contributed by atoms with Gasteiger partial charge in [-0.3, -0.25) is 14.5 Å². The highest BCUT2D eigenvalue weighted by molar-refractivity contribution is 8.00. The summed E-state index contributed by atoms with van der Waals surface area (Å²) in [5.41, 5.74) is 1.75. The number of ketones is 1. The zero-order chi connectivity index (χ0) is 31.2. The van der Waals surface area contributed by atoms with Crippen LogP contribution in [0.4, 0.5) is 5.13 Å². The molecule has 9 nitrogen and oxygen atoms in total. The molecule has 2 heterocycles. The third kappa shape index (κ3) is 6.54. The van der Waals surface area contributed by atoms with Gasteiger partial charge in [-0.2, -0.15) is 0 Å². The van der Waals surface area contributed by atoms with Gasteiger partial charge in [0.2, 0.25) is 5.13 Å². The van der Waals surface area contributed by atoms with E-state index in [2.05, 4.69) is 10.2 Å². The molecule has 1 aliphatic heterocycles. The lowest BCUT2D eigenvalue weighted by Crippen LogP contribution is -2.29. The van der Waals surface area contributed by atoms with Gasteiger partial charge in [0.15, 0.2) is 15.8 Å². The molecule has 0 radical (unpaired) electrons. The maximum Gasteiger partial charge on any atom is 0.301 e. The summed E-state index contributed by atoms with van der Waals surface area (Å²) in [6, 6.07) is 18.4. The van der Waals surface area contributed by atoms with Gasteiger partial charge in [0.25, 0.3) is 5.78 Å². The van der Waals surface area contributed by atoms with Crippen molar-refractivity contribution in [1.29, 1.82) is 0 Å². The number of anilines is 1. The molecule has 1 saturated heterocycles. The van der Waals surface area contributed by atoms with Gasteiger partial charge in [0.1, 0.15) is 11.5 Å². The second-order valence-corrected chi connectivity index (χ2v) is 12.0. The number of aliphatic hydroxyl groups excluding tert-OH is 1. The van der Waals surface area contributed by atoms with E-state index in [1.807, 2.05) is 45.0 Å². The largest absolute Gasteiger partial charge is 0.507 e. The van der Waals surface area contributed by atoms with Crippen molar-refractivity contribution in [2.45, 2.75) is 36.9 Å². The number of amides is 1. The van der Waals surface area contributed by atoms with Gasteiger partial charge in [0, 0.05) is 16.3 Å². The number of nitrogens with zero attached hydrogens (tertiary/aromatic N) is 3. The van der Waals surface area contributed by atoms with Gasteiger partial charge in [-0.1, -0.05) is 59.0 Å². The van der Waals surface area contributed by atoms with E-state index in [1.54, 1.807) is 42.5 Å². The molecular weight excluding hydrogens is 622 g/mol. The quantitative estimate of drug-likeness (QED) is 0.0554. The first-order valence-electron chi connectivity index (χ1n) is 14.0. The van der Waals surface area contributed by atoms with Crippen LogP contribution < -0.4 is 19.1 Å². The molecule has 1 aromatic heterocycles. The van der Waals surface area contributed by atoms with Crippen molar-refractivity contribution in [2.75, 3.05) is 24.7 Å². The number of rotatable bonds is 12. The number of carbonyl (C=O) groups is 2. The van der Waals surface area contributed by atoms with E-state index in [-0.39, 0.29) is 16.5 Å². The number of Topliss-reactive ketones (excluding diaryl/α,β-unsaturated/α-hetero) is 1. The van der Waals surface area contributed by atoms with Crippen LogP contribution >= 0.6 is 34.7 Å². The van der Waals surface area contributed by atoms with Crippen molar-refractivity contribution in [2.24, 2.45) is 0 Å². The molecule has 5 rings (SSSR count). The van der Waals surface area contributed by atoms with Crippen LogP contribution in [-0.2, 0) is 15.3 Å². The number of hydrogen-bond donors (Lipinski definition) is 1. The number of aromatic nitrogens is 2. The summed E-state index contributed by atoms with van der Waals surface area (Å²) in [5.74, 6) is 0.155. The maximum atomic E-state index is 13.7. The standard InChI is InChI=1S/C32H30ClN3O6S2/c1-4-40-22-14-11-19(12-15-22)28(37)26-27(20-13-16-24(41-5-2)25(17-20)42-6-3)36(30(39)29(26)38)31-34-35-32(44-31)43-18-21-9-7-8-10-23(21)33/h7-17,27,37H,4-6,18H2,1-3H3. The van der Waals surface area contributed by atoms with Crippen molar-refractivity contribution in [3.05, 3.63) is 94.0 Å². The molecule has 4 aromatic rings. The highest BCUT2D eigenvalue weighted by atomic mass is 35.5. The Bertz CT molecular complexity index is 1690. The summed E-state index contributed by atoms with van der Waals surface area (Å²) in [6.45, 7) is 6.87. The van der Waals surface area contributed by atoms with Crippen LogP contribution in [0.15, 0.2) is 76.6 Å². The van der Waals surface area contributed by atoms with E-state index < -0.39 is 17.7 Å². The Morgan fingerprint density at radius 1 is 0.932 bits per heavy atom. The molecule has 12 heteroatoms. The predicted octanol–water partition coefficient (Wildman–Crippen LogP) is 7.31. The minimum Gasteiger partial charge on any atom is -0.507 e. The van der Waals surface area contributed by atoms with Crippen LogP contribution in [0, 0.1) is 0 Å². The molecule has 1 unspecified atom stereocenters. The normalized spacial score (nSPS) is 15.9. The van der Waals surface area contributed by atoms with Gasteiger partial charge in [-0.25, -0.2) is 0 Å². The maximum absolute atomic E-state index is 13.7. The van der Waals surface area contributed by atoms with Crippen LogP contribution in [-0.4, -0.2) is 46.8 Å². The summed E-state index contributed by atoms with van der Waals surface area (Å²) in [6.07, 6.45) is 0. The minimum absolute atomic E-state index is 0.0776. The summed E-state index contributed by atoms with van der Waals surface area (Å²) in [4.78, 5) is 28.6. The fourth-order valence-electron chi connectivity index (χ4n) is 4.73. The Labute approximate surface area is 268 Å². The van der Waals surface area contributed by atoms with Crippen molar-refractivity contribution in [1.82, 2.24) is 10.2 Å².